The van der Waals surface area contributed by atoms with E-state index in [1.807, 2.05) is 0 Å². The Balaban J connectivity index is 2.98. The fraction of sp³-hybridized carbons (Fsp3) is 0.125. The minimum atomic E-state index is -0.444. The molecule has 0 heterocycles. The summed E-state index contributed by atoms with van der Waals surface area (Å²) in [5.74, 6) is 0.174. The summed E-state index contributed by atoms with van der Waals surface area (Å²) in [5, 5.41) is 13.9. The van der Waals surface area contributed by atoms with Gasteiger partial charge in [-0.3, -0.25) is 0 Å². The molecule has 0 saturated carbocycles. The van der Waals surface area contributed by atoms with Crippen molar-refractivity contribution in [2.24, 2.45) is 5.11 Å². The van der Waals surface area contributed by atoms with Gasteiger partial charge in [0.05, 0.1) is 6.04 Å². The topological polar surface area (TPSA) is 69.0 Å². The number of phenols is 1. The molecule has 0 spiro atoms. The van der Waals surface area contributed by atoms with Crippen LogP contribution in [0.3, 0.4) is 0 Å². The molecule has 0 aliphatic carbocycles. The van der Waals surface area contributed by atoms with Gasteiger partial charge in [0.1, 0.15) is 5.75 Å². The fourth-order valence-electron chi connectivity index (χ4n) is 0.900. The highest BCUT2D eigenvalue weighted by Crippen LogP contribution is 2.18. The molecule has 0 aliphatic heterocycles. The monoisotopic (exact) mass is 193 g/mol. The minimum Gasteiger partial charge on any atom is -0.508 e. The molecule has 0 radical (unpaired) electrons. The van der Waals surface area contributed by atoms with Crippen LogP contribution in [0.25, 0.3) is 10.4 Å². The third-order valence-electron chi connectivity index (χ3n) is 1.54. The number of azide groups is 1. The second-order valence-corrected chi connectivity index (χ2v) is 2.65. The summed E-state index contributed by atoms with van der Waals surface area (Å²) < 4.78 is 0. The van der Waals surface area contributed by atoms with Crippen LogP contribution in [0.5, 0.6) is 5.75 Å². The van der Waals surface area contributed by atoms with Crippen molar-refractivity contribution in [3.05, 3.63) is 40.3 Å². The molecule has 0 fully saturated rings. The second kappa shape index (κ2) is 4.45. The van der Waals surface area contributed by atoms with E-state index in [9.17, 15) is 0 Å². The van der Waals surface area contributed by atoms with Gasteiger partial charge in [0, 0.05) is 4.91 Å². The molecule has 13 heavy (non-hydrogen) atoms. The summed E-state index contributed by atoms with van der Waals surface area (Å²) in [5.41, 5.74) is 9.00. The zero-order chi connectivity index (χ0) is 9.68. The zero-order valence-corrected chi connectivity index (χ0v) is 7.48. The standard InChI is InChI=1S/C8H7N3OS/c9-11-10-8(5-13)6-1-3-7(12)4-2-6/h1-5,8,12H. The van der Waals surface area contributed by atoms with Crippen LogP contribution in [0.4, 0.5) is 0 Å². The lowest BCUT2D eigenvalue weighted by Gasteiger charge is -2.03. The van der Waals surface area contributed by atoms with Gasteiger partial charge in [-0.05, 0) is 28.6 Å². The number of aromatic hydroxyl groups is 1. The van der Waals surface area contributed by atoms with Crippen molar-refractivity contribution < 1.29 is 5.11 Å². The lowest BCUT2D eigenvalue weighted by Crippen LogP contribution is -1.92. The van der Waals surface area contributed by atoms with E-state index in [1.165, 1.54) is 17.5 Å². The quantitative estimate of drug-likeness (QED) is 0.347. The predicted octanol–water partition coefficient (Wildman–Crippen LogP) is 2.74. The maximum Gasteiger partial charge on any atom is 0.115 e. The molecular weight excluding hydrogens is 186 g/mol. The number of thiocarbonyl (C=S) groups is 1. The van der Waals surface area contributed by atoms with Crippen molar-refractivity contribution in [1.29, 1.82) is 0 Å². The van der Waals surface area contributed by atoms with E-state index < -0.39 is 6.04 Å². The Hall–Kier alpha value is -1.58. The van der Waals surface area contributed by atoms with Crippen molar-refractivity contribution in [1.82, 2.24) is 0 Å². The molecule has 1 aromatic rings. The Labute approximate surface area is 80.4 Å². The first-order valence-electron chi connectivity index (χ1n) is 3.56. The van der Waals surface area contributed by atoms with Crippen molar-refractivity contribution in [3.63, 3.8) is 0 Å². The molecule has 4 nitrogen and oxygen atoms in total. The highest BCUT2D eigenvalue weighted by molar-refractivity contribution is 7.79. The van der Waals surface area contributed by atoms with Gasteiger partial charge in [0.15, 0.2) is 0 Å². The highest BCUT2D eigenvalue weighted by atomic mass is 32.1. The first-order valence-corrected chi connectivity index (χ1v) is 4.03. The first kappa shape index (κ1) is 9.51. The van der Waals surface area contributed by atoms with Gasteiger partial charge >= 0.3 is 0 Å². The zero-order valence-electron chi connectivity index (χ0n) is 6.66. The number of hydrogen-bond donors (Lipinski definition) is 1. The first-order chi connectivity index (χ1) is 6.27. The lowest BCUT2D eigenvalue weighted by atomic mass is 10.1. The van der Waals surface area contributed by atoms with Gasteiger partial charge in [-0.15, -0.1) is 0 Å². The third-order valence-corrected chi connectivity index (χ3v) is 1.80. The number of rotatable bonds is 3. The van der Waals surface area contributed by atoms with E-state index in [2.05, 4.69) is 10.0 Å². The van der Waals surface area contributed by atoms with Crippen LogP contribution in [0.2, 0.25) is 0 Å². The van der Waals surface area contributed by atoms with E-state index in [0.717, 1.165) is 5.56 Å². The van der Waals surface area contributed by atoms with Crippen LogP contribution >= 0.6 is 12.2 Å². The smallest absolute Gasteiger partial charge is 0.115 e. The Morgan fingerprint density at radius 2 is 2.08 bits per heavy atom. The normalized spacial score (nSPS) is 11.4. The van der Waals surface area contributed by atoms with Gasteiger partial charge in [0.25, 0.3) is 0 Å². The Kier molecular flexibility index (Phi) is 3.25. The third kappa shape index (κ3) is 2.43. The number of nitrogens with zero attached hydrogens (tertiary/aromatic N) is 3. The largest absolute Gasteiger partial charge is 0.508 e. The molecule has 1 rings (SSSR count). The van der Waals surface area contributed by atoms with Crippen LogP contribution in [0.15, 0.2) is 29.4 Å². The summed E-state index contributed by atoms with van der Waals surface area (Å²) in [4.78, 5) is 2.67. The molecule has 0 aliphatic rings. The molecule has 1 N–H and O–H groups in total. The molecular formula is C8H7N3OS. The molecule has 0 saturated heterocycles. The molecule has 5 heteroatoms. The van der Waals surface area contributed by atoms with Crippen LogP contribution in [-0.2, 0) is 0 Å². The molecule has 66 valence electrons. The maximum atomic E-state index is 9.00. The summed E-state index contributed by atoms with van der Waals surface area (Å²) in [6.07, 6.45) is 0. The molecule has 0 aromatic heterocycles. The minimum absolute atomic E-state index is 0.174. The van der Waals surface area contributed by atoms with Crippen molar-refractivity contribution in [2.45, 2.75) is 6.04 Å². The summed E-state index contributed by atoms with van der Waals surface area (Å²) in [6, 6.07) is 5.93. The summed E-state index contributed by atoms with van der Waals surface area (Å²) in [6.45, 7) is 0. The number of hydrogen-bond acceptors (Lipinski definition) is 3. The van der Waals surface area contributed by atoms with Gasteiger partial charge in [-0.1, -0.05) is 29.5 Å². The maximum absolute atomic E-state index is 9.00. The van der Waals surface area contributed by atoms with E-state index in [1.54, 1.807) is 12.1 Å². The second-order valence-electron chi connectivity index (χ2n) is 2.38. The molecule has 1 aromatic carbocycles. The van der Waals surface area contributed by atoms with Gasteiger partial charge in [-0.25, -0.2) is 0 Å². The predicted molar refractivity (Wildman–Crippen MR) is 53.6 cm³/mol. The average Bonchev–Trinajstić information content (AvgIpc) is 2.16. The van der Waals surface area contributed by atoms with Gasteiger partial charge in [-0.2, -0.15) is 0 Å². The van der Waals surface area contributed by atoms with Crippen LogP contribution in [-0.4, -0.2) is 10.5 Å². The van der Waals surface area contributed by atoms with Crippen LogP contribution in [0, 0.1) is 0 Å². The van der Waals surface area contributed by atoms with Crippen molar-refractivity contribution in [3.8, 4) is 5.75 Å². The van der Waals surface area contributed by atoms with Crippen LogP contribution in [0.1, 0.15) is 11.6 Å². The average molecular weight is 193 g/mol. The van der Waals surface area contributed by atoms with E-state index in [0.29, 0.717) is 0 Å². The van der Waals surface area contributed by atoms with Gasteiger partial charge in [0.2, 0.25) is 0 Å². The molecule has 0 bridgehead atoms. The SMILES string of the molecule is [N-]=[N+]=NC(C=S)c1ccc(O)cc1. The van der Waals surface area contributed by atoms with Crippen molar-refractivity contribution in [2.75, 3.05) is 0 Å². The Morgan fingerprint density at radius 1 is 1.46 bits per heavy atom. The summed E-state index contributed by atoms with van der Waals surface area (Å²) >= 11 is 4.70. The Morgan fingerprint density at radius 3 is 2.54 bits per heavy atom. The highest BCUT2D eigenvalue weighted by Gasteiger charge is 2.04. The molecule has 1 unspecified atom stereocenters. The Bertz CT molecular complexity index is 343. The fourth-order valence-corrected chi connectivity index (χ4v) is 1.11. The van der Waals surface area contributed by atoms with E-state index in [4.69, 9.17) is 22.9 Å². The van der Waals surface area contributed by atoms with Crippen molar-refractivity contribution >= 4 is 17.6 Å². The van der Waals surface area contributed by atoms with Crippen LogP contribution < -0.4 is 0 Å². The number of phenolic OH excluding ortho intramolecular Hbond substituents is 1. The molecule has 0 amide bonds. The summed E-state index contributed by atoms with van der Waals surface area (Å²) in [7, 11) is 0. The molecule has 1 atom stereocenters. The number of benzene rings is 1. The van der Waals surface area contributed by atoms with E-state index >= 15 is 0 Å². The lowest BCUT2D eigenvalue weighted by molar-refractivity contribution is 0.475. The van der Waals surface area contributed by atoms with Gasteiger partial charge < -0.3 is 5.11 Å². The van der Waals surface area contributed by atoms with E-state index in [-0.39, 0.29) is 5.75 Å².